The van der Waals surface area contributed by atoms with Crippen LogP contribution in [0.3, 0.4) is 0 Å². The molecule has 1 aliphatic rings. The van der Waals surface area contributed by atoms with E-state index in [-0.39, 0.29) is 24.0 Å². The van der Waals surface area contributed by atoms with Gasteiger partial charge in [-0.3, -0.25) is 9.67 Å². The number of halogens is 1. The molecule has 3 rings (SSSR count). The fraction of sp³-hybridized carbons (Fsp3) is 0.538. The van der Waals surface area contributed by atoms with Crippen LogP contribution in [-0.4, -0.2) is 70.0 Å². The molecule has 9 nitrogen and oxygen atoms in total. The maximum Gasteiger partial charge on any atom is 0.191 e. The van der Waals surface area contributed by atoms with Crippen LogP contribution in [0.2, 0.25) is 0 Å². The van der Waals surface area contributed by atoms with Crippen molar-refractivity contribution in [1.82, 2.24) is 24.6 Å². The van der Waals surface area contributed by atoms with Crippen LogP contribution >= 0.6 is 24.0 Å². The SMILES string of the molecule is Cn1ncc2c(NCCN=C(N)N3CCOCC3)ncnc21.I. The maximum atomic E-state index is 5.98. The molecule has 2 aromatic rings. The summed E-state index contributed by atoms with van der Waals surface area (Å²) in [5.41, 5.74) is 6.78. The minimum atomic E-state index is 0. The quantitative estimate of drug-likeness (QED) is 0.304. The summed E-state index contributed by atoms with van der Waals surface area (Å²) in [6, 6.07) is 0. The van der Waals surface area contributed by atoms with Crippen LogP contribution in [0.15, 0.2) is 17.5 Å². The van der Waals surface area contributed by atoms with Gasteiger partial charge in [-0.25, -0.2) is 9.97 Å². The van der Waals surface area contributed by atoms with Crippen molar-refractivity contribution in [2.75, 3.05) is 44.7 Å². The molecule has 0 amide bonds. The average Bonchev–Trinajstić information content (AvgIpc) is 2.94. The van der Waals surface area contributed by atoms with Crippen molar-refractivity contribution >= 4 is 46.8 Å². The van der Waals surface area contributed by atoms with Gasteiger partial charge in [-0.15, -0.1) is 24.0 Å². The van der Waals surface area contributed by atoms with Gasteiger partial charge in [0.05, 0.1) is 31.3 Å². The van der Waals surface area contributed by atoms with Crippen molar-refractivity contribution in [2.24, 2.45) is 17.8 Å². The van der Waals surface area contributed by atoms with Crippen LogP contribution in [0.4, 0.5) is 5.82 Å². The number of aliphatic imine (C=N–C) groups is 1. The molecule has 0 unspecified atom stereocenters. The van der Waals surface area contributed by atoms with Gasteiger partial charge in [0.2, 0.25) is 0 Å². The first kappa shape index (κ1) is 17.7. The molecule has 1 saturated heterocycles. The summed E-state index contributed by atoms with van der Waals surface area (Å²) in [6.07, 6.45) is 3.28. The molecule has 0 saturated carbocycles. The Morgan fingerprint density at radius 3 is 2.96 bits per heavy atom. The van der Waals surface area contributed by atoms with E-state index >= 15 is 0 Å². The Labute approximate surface area is 151 Å². The van der Waals surface area contributed by atoms with Crippen molar-refractivity contribution in [1.29, 1.82) is 0 Å². The van der Waals surface area contributed by atoms with Gasteiger partial charge >= 0.3 is 0 Å². The third-order valence-electron chi connectivity index (χ3n) is 3.54. The number of hydrogen-bond donors (Lipinski definition) is 2. The zero-order valence-corrected chi connectivity index (χ0v) is 15.3. The molecule has 0 aliphatic carbocycles. The van der Waals surface area contributed by atoms with E-state index in [1.54, 1.807) is 10.9 Å². The van der Waals surface area contributed by atoms with Crippen LogP contribution in [0.1, 0.15) is 0 Å². The van der Waals surface area contributed by atoms with Gasteiger partial charge in [0.25, 0.3) is 0 Å². The second kappa shape index (κ2) is 8.24. The van der Waals surface area contributed by atoms with Gasteiger partial charge in [0.1, 0.15) is 12.1 Å². The van der Waals surface area contributed by atoms with Gasteiger partial charge < -0.3 is 20.7 Å². The highest BCUT2D eigenvalue weighted by Gasteiger charge is 2.12. The minimum Gasteiger partial charge on any atom is -0.378 e. The van der Waals surface area contributed by atoms with Crippen molar-refractivity contribution < 1.29 is 4.74 Å². The zero-order chi connectivity index (χ0) is 15.4. The number of nitrogens with one attached hydrogen (secondary N) is 1. The number of aryl methyl sites for hydroxylation is 1. The summed E-state index contributed by atoms with van der Waals surface area (Å²) < 4.78 is 7.01. The Balaban J connectivity index is 0.00000192. The molecule has 1 aliphatic heterocycles. The van der Waals surface area contributed by atoms with Crippen molar-refractivity contribution in [3.05, 3.63) is 12.5 Å². The number of ether oxygens (including phenoxy) is 1. The number of guanidine groups is 1. The van der Waals surface area contributed by atoms with E-state index < -0.39 is 0 Å². The summed E-state index contributed by atoms with van der Waals surface area (Å²) in [4.78, 5) is 14.9. The summed E-state index contributed by atoms with van der Waals surface area (Å²) in [5.74, 6) is 1.33. The molecule has 0 radical (unpaired) electrons. The topological polar surface area (TPSA) is 106 Å². The number of nitrogens with zero attached hydrogens (tertiary/aromatic N) is 6. The number of aromatic nitrogens is 4. The fourth-order valence-electron chi connectivity index (χ4n) is 2.34. The third-order valence-corrected chi connectivity index (χ3v) is 3.54. The lowest BCUT2D eigenvalue weighted by Crippen LogP contribution is -2.45. The van der Waals surface area contributed by atoms with Crippen LogP contribution in [0, 0.1) is 0 Å². The Bertz CT molecular complexity index is 667. The fourth-order valence-corrected chi connectivity index (χ4v) is 2.34. The van der Waals surface area contributed by atoms with Crippen molar-refractivity contribution in [3.8, 4) is 0 Å². The van der Waals surface area contributed by atoms with E-state index in [1.807, 2.05) is 11.9 Å². The van der Waals surface area contributed by atoms with Crippen LogP contribution < -0.4 is 11.1 Å². The lowest BCUT2D eigenvalue weighted by Gasteiger charge is -2.27. The molecule has 2 aromatic heterocycles. The summed E-state index contributed by atoms with van der Waals surface area (Å²) in [7, 11) is 1.85. The normalized spacial score (nSPS) is 15.5. The molecule has 10 heteroatoms. The molecule has 3 N–H and O–H groups in total. The molecular formula is C13H21IN8O. The minimum absolute atomic E-state index is 0. The highest BCUT2D eigenvalue weighted by Crippen LogP contribution is 2.17. The molecule has 0 aromatic carbocycles. The largest absolute Gasteiger partial charge is 0.378 e. The predicted octanol–water partition coefficient (Wildman–Crippen LogP) is 0.0401. The molecule has 0 atom stereocenters. The molecule has 1 fully saturated rings. The summed E-state index contributed by atoms with van der Waals surface area (Å²) >= 11 is 0. The van der Waals surface area contributed by atoms with Gasteiger partial charge in [0.15, 0.2) is 11.6 Å². The first-order chi connectivity index (χ1) is 10.8. The average molecular weight is 432 g/mol. The highest BCUT2D eigenvalue weighted by molar-refractivity contribution is 14.0. The summed E-state index contributed by atoms with van der Waals surface area (Å²) in [6.45, 7) is 4.22. The van der Waals surface area contributed by atoms with Crippen LogP contribution in [0.25, 0.3) is 11.0 Å². The number of hydrogen-bond acceptors (Lipinski definition) is 6. The predicted molar refractivity (Wildman–Crippen MR) is 99.1 cm³/mol. The lowest BCUT2D eigenvalue weighted by molar-refractivity contribution is 0.0674. The Morgan fingerprint density at radius 2 is 2.17 bits per heavy atom. The molecule has 0 spiro atoms. The van der Waals surface area contributed by atoms with E-state index in [2.05, 4.69) is 25.4 Å². The monoisotopic (exact) mass is 432 g/mol. The maximum absolute atomic E-state index is 5.98. The zero-order valence-electron chi connectivity index (χ0n) is 13.0. The molecule has 3 heterocycles. The van der Waals surface area contributed by atoms with Gasteiger partial charge in [-0.1, -0.05) is 0 Å². The standard InChI is InChI=1S/C13H20N8O.HI/c1-20-12-10(8-19-20)11(17-9-18-12)15-2-3-16-13(14)21-4-6-22-7-5-21;/h8-9H,2-7H2,1H3,(H2,14,16)(H,15,17,18);1H. The highest BCUT2D eigenvalue weighted by atomic mass is 127. The Hall–Kier alpha value is -1.69. The number of fused-ring (bicyclic) bond motifs is 1. The number of morpholine rings is 1. The summed E-state index contributed by atoms with van der Waals surface area (Å²) in [5, 5.41) is 8.33. The smallest absolute Gasteiger partial charge is 0.191 e. The molecular weight excluding hydrogens is 411 g/mol. The molecule has 0 bridgehead atoms. The number of nitrogens with two attached hydrogens (primary N) is 1. The molecule has 23 heavy (non-hydrogen) atoms. The van der Waals surface area contributed by atoms with E-state index in [9.17, 15) is 0 Å². The molecule has 126 valence electrons. The first-order valence-electron chi connectivity index (χ1n) is 7.25. The second-order valence-corrected chi connectivity index (χ2v) is 4.99. The number of anilines is 1. The van der Waals surface area contributed by atoms with E-state index in [0.29, 0.717) is 32.3 Å². The van der Waals surface area contributed by atoms with E-state index in [4.69, 9.17) is 10.5 Å². The van der Waals surface area contributed by atoms with Crippen LogP contribution in [0.5, 0.6) is 0 Å². The van der Waals surface area contributed by atoms with Crippen LogP contribution in [-0.2, 0) is 11.8 Å². The van der Waals surface area contributed by atoms with Crippen molar-refractivity contribution in [2.45, 2.75) is 0 Å². The van der Waals surface area contributed by atoms with E-state index in [1.165, 1.54) is 6.33 Å². The van der Waals surface area contributed by atoms with Gasteiger partial charge in [-0.2, -0.15) is 5.10 Å². The first-order valence-corrected chi connectivity index (χ1v) is 7.25. The van der Waals surface area contributed by atoms with Gasteiger partial charge in [0, 0.05) is 26.7 Å². The second-order valence-electron chi connectivity index (χ2n) is 4.99. The Morgan fingerprint density at radius 1 is 1.39 bits per heavy atom. The van der Waals surface area contributed by atoms with Crippen molar-refractivity contribution in [3.63, 3.8) is 0 Å². The number of rotatable bonds is 4. The Kier molecular flexibility index (Phi) is 6.33. The van der Waals surface area contributed by atoms with E-state index in [0.717, 1.165) is 29.9 Å². The lowest BCUT2D eigenvalue weighted by atomic mass is 10.4. The third kappa shape index (κ3) is 4.19. The van der Waals surface area contributed by atoms with Gasteiger partial charge in [-0.05, 0) is 0 Å².